The van der Waals surface area contributed by atoms with Crippen molar-refractivity contribution in [2.75, 3.05) is 13.2 Å². The van der Waals surface area contributed by atoms with E-state index in [1.165, 1.54) is 5.56 Å². The highest BCUT2D eigenvalue weighted by molar-refractivity contribution is 6.30. The van der Waals surface area contributed by atoms with Crippen LogP contribution in [0.1, 0.15) is 5.56 Å². The zero-order chi connectivity index (χ0) is 13.5. The number of nitrogens with one attached hydrogen (secondary N) is 2. The van der Waals surface area contributed by atoms with E-state index in [2.05, 4.69) is 10.3 Å². The minimum absolute atomic E-state index is 0.00870. The Morgan fingerprint density at radius 1 is 1.26 bits per heavy atom. The van der Waals surface area contributed by atoms with Crippen LogP contribution in [0.5, 0.6) is 5.75 Å². The summed E-state index contributed by atoms with van der Waals surface area (Å²) in [6.07, 6.45) is 4.58. The molecule has 0 saturated carbocycles. The van der Waals surface area contributed by atoms with Crippen LogP contribution in [0.4, 0.5) is 0 Å². The number of halogens is 1. The van der Waals surface area contributed by atoms with Gasteiger partial charge in [0.15, 0.2) is 6.61 Å². The molecule has 0 saturated heterocycles. The van der Waals surface area contributed by atoms with Crippen molar-refractivity contribution in [1.82, 2.24) is 10.3 Å². The molecule has 5 heteroatoms. The van der Waals surface area contributed by atoms with Gasteiger partial charge < -0.3 is 15.0 Å². The van der Waals surface area contributed by atoms with E-state index in [9.17, 15) is 4.79 Å². The Labute approximate surface area is 116 Å². The van der Waals surface area contributed by atoms with Gasteiger partial charge in [-0.05, 0) is 42.3 Å². The minimum Gasteiger partial charge on any atom is -0.484 e. The van der Waals surface area contributed by atoms with Crippen LogP contribution in [0.2, 0.25) is 5.02 Å². The van der Waals surface area contributed by atoms with Crippen LogP contribution in [0.15, 0.2) is 42.7 Å². The van der Waals surface area contributed by atoms with Crippen LogP contribution in [-0.2, 0) is 11.2 Å². The molecule has 1 heterocycles. The summed E-state index contributed by atoms with van der Waals surface area (Å²) in [4.78, 5) is 14.5. The van der Waals surface area contributed by atoms with Gasteiger partial charge in [-0.15, -0.1) is 0 Å². The van der Waals surface area contributed by atoms with Crippen LogP contribution in [0, 0.1) is 0 Å². The Bertz CT molecular complexity index is 509. The number of aromatic amines is 1. The number of carbonyl (C=O) groups is 1. The van der Waals surface area contributed by atoms with Gasteiger partial charge in [-0.2, -0.15) is 0 Å². The summed E-state index contributed by atoms with van der Waals surface area (Å²) >= 11 is 5.75. The van der Waals surface area contributed by atoms with Gasteiger partial charge in [-0.1, -0.05) is 11.6 Å². The van der Waals surface area contributed by atoms with E-state index < -0.39 is 0 Å². The third-order valence-electron chi connectivity index (χ3n) is 2.58. The Hall–Kier alpha value is -1.94. The number of ether oxygens (including phenoxy) is 1. The molecule has 2 aromatic rings. The molecule has 0 fully saturated rings. The van der Waals surface area contributed by atoms with E-state index in [4.69, 9.17) is 16.3 Å². The van der Waals surface area contributed by atoms with Crippen LogP contribution < -0.4 is 10.1 Å². The monoisotopic (exact) mass is 278 g/mol. The average Bonchev–Trinajstić information content (AvgIpc) is 2.91. The quantitative estimate of drug-likeness (QED) is 0.852. The Morgan fingerprint density at radius 3 is 2.74 bits per heavy atom. The Balaban J connectivity index is 1.65. The number of hydrogen-bond donors (Lipinski definition) is 2. The molecule has 0 radical (unpaired) electrons. The summed E-state index contributed by atoms with van der Waals surface area (Å²) in [5.41, 5.74) is 1.17. The number of aromatic nitrogens is 1. The molecule has 0 unspecified atom stereocenters. The smallest absolute Gasteiger partial charge is 0.257 e. The molecule has 1 aromatic carbocycles. The van der Waals surface area contributed by atoms with Crippen LogP contribution in [0.3, 0.4) is 0 Å². The first-order valence-electron chi connectivity index (χ1n) is 6.01. The fourth-order valence-electron chi connectivity index (χ4n) is 1.59. The van der Waals surface area contributed by atoms with E-state index >= 15 is 0 Å². The highest BCUT2D eigenvalue weighted by Gasteiger charge is 2.02. The molecule has 0 spiro atoms. The SMILES string of the molecule is O=C(COc1ccc(Cl)cc1)NCCc1cc[nH]c1. The molecule has 0 aliphatic carbocycles. The minimum atomic E-state index is -0.134. The van der Waals surface area contributed by atoms with Gasteiger partial charge in [0.05, 0.1) is 0 Å². The first-order chi connectivity index (χ1) is 9.24. The molecule has 1 amide bonds. The molecule has 19 heavy (non-hydrogen) atoms. The summed E-state index contributed by atoms with van der Waals surface area (Å²) < 4.78 is 5.33. The number of amides is 1. The van der Waals surface area contributed by atoms with Crippen molar-refractivity contribution < 1.29 is 9.53 Å². The van der Waals surface area contributed by atoms with Gasteiger partial charge in [0.2, 0.25) is 0 Å². The van der Waals surface area contributed by atoms with E-state index in [0.29, 0.717) is 17.3 Å². The number of benzene rings is 1. The van der Waals surface area contributed by atoms with Crippen LogP contribution >= 0.6 is 11.6 Å². The van der Waals surface area contributed by atoms with Gasteiger partial charge in [0, 0.05) is 24.0 Å². The number of rotatable bonds is 6. The fraction of sp³-hybridized carbons (Fsp3) is 0.214. The molecular formula is C14H15ClN2O2. The van der Waals surface area contributed by atoms with E-state index in [0.717, 1.165) is 6.42 Å². The second kappa shape index (κ2) is 6.85. The molecule has 2 N–H and O–H groups in total. The van der Waals surface area contributed by atoms with Crippen molar-refractivity contribution in [1.29, 1.82) is 0 Å². The molecule has 0 aliphatic heterocycles. The predicted molar refractivity (Wildman–Crippen MR) is 74.5 cm³/mol. The maximum atomic E-state index is 11.5. The van der Waals surface area contributed by atoms with E-state index in [1.807, 2.05) is 18.5 Å². The van der Waals surface area contributed by atoms with Crippen LogP contribution in [0.25, 0.3) is 0 Å². The van der Waals surface area contributed by atoms with Gasteiger partial charge in [-0.3, -0.25) is 4.79 Å². The highest BCUT2D eigenvalue weighted by atomic mass is 35.5. The largest absolute Gasteiger partial charge is 0.484 e. The van der Waals surface area contributed by atoms with E-state index in [-0.39, 0.29) is 12.5 Å². The number of hydrogen-bond acceptors (Lipinski definition) is 2. The van der Waals surface area contributed by atoms with E-state index in [1.54, 1.807) is 24.3 Å². The summed E-state index contributed by atoms with van der Waals surface area (Å²) in [5, 5.41) is 3.44. The maximum absolute atomic E-state index is 11.5. The lowest BCUT2D eigenvalue weighted by Crippen LogP contribution is -2.30. The van der Waals surface area contributed by atoms with Crippen molar-refractivity contribution in [2.45, 2.75) is 6.42 Å². The molecule has 0 aliphatic rings. The second-order valence-corrected chi connectivity index (χ2v) is 4.50. The van der Waals surface area contributed by atoms with Gasteiger partial charge in [0.1, 0.15) is 5.75 Å². The summed E-state index contributed by atoms with van der Waals surface area (Å²) in [6, 6.07) is 8.89. The lowest BCUT2D eigenvalue weighted by molar-refractivity contribution is -0.123. The molecule has 1 aromatic heterocycles. The van der Waals surface area contributed by atoms with Gasteiger partial charge in [0.25, 0.3) is 5.91 Å². The molecule has 0 atom stereocenters. The molecular weight excluding hydrogens is 264 g/mol. The summed E-state index contributed by atoms with van der Waals surface area (Å²) in [6.45, 7) is 0.607. The summed E-state index contributed by atoms with van der Waals surface area (Å²) in [5.74, 6) is 0.496. The van der Waals surface area contributed by atoms with Crippen molar-refractivity contribution >= 4 is 17.5 Å². The molecule has 4 nitrogen and oxygen atoms in total. The molecule has 100 valence electrons. The average molecular weight is 279 g/mol. The second-order valence-electron chi connectivity index (χ2n) is 4.06. The third kappa shape index (κ3) is 4.67. The normalized spacial score (nSPS) is 10.2. The first kappa shape index (κ1) is 13.5. The van der Waals surface area contributed by atoms with Crippen LogP contribution in [-0.4, -0.2) is 24.0 Å². The van der Waals surface area contributed by atoms with Gasteiger partial charge >= 0.3 is 0 Å². The lowest BCUT2D eigenvalue weighted by Gasteiger charge is -2.07. The Kier molecular flexibility index (Phi) is 4.86. The zero-order valence-corrected chi connectivity index (χ0v) is 11.1. The lowest BCUT2D eigenvalue weighted by atomic mass is 10.2. The zero-order valence-electron chi connectivity index (χ0n) is 10.4. The number of carbonyl (C=O) groups excluding carboxylic acids is 1. The highest BCUT2D eigenvalue weighted by Crippen LogP contribution is 2.15. The molecule has 0 bridgehead atoms. The number of H-pyrrole nitrogens is 1. The molecule has 2 rings (SSSR count). The van der Waals surface area contributed by atoms with Crippen molar-refractivity contribution in [2.24, 2.45) is 0 Å². The fourth-order valence-corrected chi connectivity index (χ4v) is 1.72. The predicted octanol–water partition coefficient (Wildman–Crippen LogP) is 2.41. The summed E-state index contributed by atoms with van der Waals surface area (Å²) in [7, 11) is 0. The standard InChI is InChI=1S/C14H15ClN2O2/c15-12-1-3-13(4-2-12)19-10-14(18)17-8-6-11-5-7-16-9-11/h1-5,7,9,16H,6,8,10H2,(H,17,18). The van der Waals surface area contributed by atoms with Crippen molar-refractivity contribution in [3.8, 4) is 5.75 Å². The van der Waals surface area contributed by atoms with Crippen molar-refractivity contribution in [3.63, 3.8) is 0 Å². The third-order valence-corrected chi connectivity index (χ3v) is 2.83. The topological polar surface area (TPSA) is 54.1 Å². The first-order valence-corrected chi connectivity index (χ1v) is 6.38. The van der Waals surface area contributed by atoms with Gasteiger partial charge in [-0.25, -0.2) is 0 Å². The maximum Gasteiger partial charge on any atom is 0.257 e. The Morgan fingerprint density at radius 2 is 2.05 bits per heavy atom. The van der Waals surface area contributed by atoms with Crippen molar-refractivity contribution in [3.05, 3.63) is 53.3 Å².